The Balaban J connectivity index is 1.77. The number of urea groups is 1. The largest absolute Gasteiger partial charge is 0.469 e. The smallest absolute Gasteiger partial charge is 0.326 e. The number of fused-ring (bicyclic) bond motifs is 1. The summed E-state index contributed by atoms with van der Waals surface area (Å²) in [6.07, 6.45) is 0. The molecule has 2 aliphatic rings. The van der Waals surface area contributed by atoms with E-state index in [1.165, 1.54) is 12.0 Å². The number of hydrogen-bond donors (Lipinski definition) is 1. The first-order chi connectivity index (χ1) is 18.2. The minimum Gasteiger partial charge on any atom is -0.469 e. The van der Waals surface area contributed by atoms with Crippen LogP contribution in [0, 0.1) is 5.92 Å². The minimum absolute atomic E-state index is 0.148. The number of halogens is 3. The molecule has 0 spiro atoms. The molecule has 0 bridgehead atoms. The number of carbonyl (C=O) groups is 2. The Kier molecular flexibility index (Phi) is 7.60. The third-order valence-electron chi connectivity index (χ3n) is 7.44. The van der Waals surface area contributed by atoms with Crippen molar-refractivity contribution in [2.24, 2.45) is 5.92 Å². The van der Waals surface area contributed by atoms with Gasteiger partial charge >= 0.3 is 12.0 Å². The van der Waals surface area contributed by atoms with Crippen LogP contribution in [0.3, 0.4) is 0 Å². The first-order valence-corrected chi connectivity index (χ1v) is 13.6. The number of para-hydroxylation sites is 1. The van der Waals surface area contributed by atoms with E-state index in [1.54, 1.807) is 18.2 Å². The van der Waals surface area contributed by atoms with Crippen molar-refractivity contribution in [3.63, 3.8) is 0 Å². The number of rotatable bonds is 5. The molecule has 0 radical (unpaired) electrons. The van der Waals surface area contributed by atoms with Crippen LogP contribution < -0.4 is 10.2 Å². The number of ether oxygens (including phenoxy) is 1. The number of nitrogens with one attached hydrogen (secondary N) is 1. The summed E-state index contributed by atoms with van der Waals surface area (Å²) in [5.74, 6) is -0.752. The van der Waals surface area contributed by atoms with Gasteiger partial charge in [0, 0.05) is 47.7 Å². The Bertz CT molecular complexity index is 1390. The summed E-state index contributed by atoms with van der Waals surface area (Å²) < 4.78 is 5.20. The molecule has 198 valence electrons. The Morgan fingerprint density at radius 2 is 1.66 bits per heavy atom. The number of carbonyl (C=O) groups excluding carboxylic acids is 2. The highest BCUT2D eigenvalue weighted by atomic mass is 35.5. The lowest BCUT2D eigenvalue weighted by atomic mass is 9.84. The predicted molar refractivity (Wildman–Crippen MR) is 153 cm³/mol. The van der Waals surface area contributed by atoms with E-state index in [1.807, 2.05) is 30.3 Å². The van der Waals surface area contributed by atoms with Crippen LogP contribution in [0.2, 0.25) is 15.1 Å². The van der Waals surface area contributed by atoms with Crippen LogP contribution in [0.5, 0.6) is 0 Å². The van der Waals surface area contributed by atoms with Crippen molar-refractivity contribution in [2.45, 2.75) is 32.4 Å². The van der Waals surface area contributed by atoms with E-state index in [-0.39, 0.29) is 29.9 Å². The minimum atomic E-state index is -0.352. The third kappa shape index (κ3) is 4.75. The van der Waals surface area contributed by atoms with Crippen molar-refractivity contribution in [1.29, 1.82) is 0 Å². The van der Waals surface area contributed by atoms with Gasteiger partial charge in [0.2, 0.25) is 0 Å². The van der Waals surface area contributed by atoms with Crippen LogP contribution in [0.1, 0.15) is 30.9 Å². The lowest BCUT2D eigenvalue weighted by Gasteiger charge is -2.34. The fraction of sp³-hybridized carbons (Fsp3) is 0.310. The Hall–Kier alpha value is -2.77. The molecule has 1 saturated heterocycles. The number of amides is 2. The van der Waals surface area contributed by atoms with Gasteiger partial charge in [-0.05, 0) is 49.2 Å². The van der Waals surface area contributed by atoms with Crippen LogP contribution in [-0.2, 0) is 16.1 Å². The molecular formula is C29H28Cl3N3O3. The first kappa shape index (κ1) is 26.8. The molecule has 1 fully saturated rings. The second-order valence-corrected chi connectivity index (χ2v) is 11.1. The second kappa shape index (κ2) is 10.8. The maximum atomic E-state index is 13.4. The summed E-state index contributed by atoms with van der Waals surface area (Å²) in [4.78, 5) is 30.1. The summed E-state index contributed by atoms with van der Waals surface area (Å²) in [5, 5.41) is 4.25. The highest BCUT2D eigenvalue weighted by Gasteiger charge is 2.41. The topological polar surface area (TPSA) is 61.9 Å². The van der Waals surface area contributed by atoms with Gasteiger partial charge in [0.05, 0.1) is 34.4 Å². The van der Waals surface area contributed by atoms with Gasteiger partial charge < -0.3 is 10.1 Å². The third-order valence-corrected chi connectivity index (χ3v) is 8.38. The number of benzene rings is 3. The maximum absolute atomic E-state index is 13.4. The van der Waals surface area contributed by atoms with Gasteiger partial charge in [-0.15, -0.1) is 0 Å². The average molecular weight is 573 g/mol. The van der Waals surface area contributed by atoms with Crippen LogP contribution >= 0.6 is 34.8 Å². The van der Waals surface area contributed by atoms with Crippen molar-refractivity contribution in [1.82, 2.24) is 10.2 Å². The standard InChI is InChI=1S/C29H28Cl3N3O3/c1-16(2)34-14-21(22(15-34)28(36)38-3)17-11-19(18-7-4-5-8-23(18)30)20-13-33-29(37)35(26(20)12-17)27-24(31)9-6-10-25(27)32/h4-12,16,21-22H,13-15H2,1-3H3,(H,33,37). The summed E-state index contributed by atoms with van der Waals surface area (Å²) in [7, 11) is 1.42. The Labute approximate surface area is 237 Å². The molecule has 2 heterocycles. The molecular weight excluding hydrogens is 545 g/mol. The van der Waals surface area contributed by atoms with Gasteiger partial charge in [-0.2, -0.15) is 0 Å². The summed E-state index contributed by atoms with van der Waals surface area (Å²) >= 11 is 19.9. The number of methoxy groups -OCH3 is 1. The van der Waals surface area contributed by atoms with Crippen molar-refractivity contribution in [2.75, 3.05) is 25.1 Å². The Morgan fingerprint density at radius 1 is 0.974 bits per heavy atom. The van der Waals surface area contributed by atoms with Crippen LogP contribution in [0.4, 0.5) is 16.2 Å². The molecule has 0 aliphatic carbocycles. The number of likely N-dealkylation sites (tertiary alicyclic amines) is 1. The zero-order valence-electron chi connectivity index (χ0n) is 21.3. The molecule has 38 heavy (non-hydrogen) atoms. The fourth-order valence-corrected chi connectivity index (χ4v) is 6.26. The van der Waals surface area contributed by atoms with E-state index in [4.69, 9.17) is 39.5 Å². The molecule has 2 aliphatic heterocycles. The summed E-state index contributed by atoms with van der Waals surface area (Å²) in [5.41, 5.74) is 4.56. The highest BCUT2D eigenvalue weighted by molar-refractivity contribution is 6.40. The Morgan fingerprint density at radius 3 is 2.32 bits per heavy atom. The van der Waals surface area contributed by atoms with Gasteiger partial charge in [-0.25, -0.2) is 4.79 Å². The lowest BCUT2D eigenvalue weighted by molar-refractivity contribution is -0.145. The number of anilines is 2. The summed E-state index contributed by atoms with van der Waals surface area (Å²) in [6.45, 7) is 5.80. The van der Waals surface area contributed by atoms with Gasteiger partial charge in [0.1, 0.15) is 0 Å². The normalized spacial score (nSPS) is 19.4. The van der Waals surface area contributed by atoms with Gasteiger partial charge in [-0.1, -0.05) is 65.1 Å². The van der Waals surface area contributed by atoms with Crippen molar-refractivity contribution >= 4 is 58.2 Å². The lowest BCUT2D eigenvalue weighted by Crippen LogP contribution is -2.42. The van der Waals surface area contributed by atoms with E-state index < -0.39 is 0 Å². The highest BCUT2D eigenvalue weighted by Crippen LogP contribution is 2.47. The van der Waals surface area contributed by atoms with Crippen LogP contribution in [0.15, 0.2) is 54.6 Å². The van der Waals surface area contributed by atoms with Gasteiger partial charge in [-0.3, -0.25) is 14.6 Å². The zero-order chi connectivity index (χ0) is 27.1. The van der Waals surface area contributed by atoms with E-state index in [9.17, 15) is 9.59 Å². The maximum Gasteiger partial charge on any atom is 0.326 e. The van der Waals surface area contributed by atoms with Crippen molar-refractivity contribution in [3.05, 3.63) is 80.8 Å². The fourth-order valence-electron chi connectivity index (χ4n) is 5.46. The number of nitrogens with zero attached hydrogens (tertiary/aromatic N) is 2. The predicted octanol–water partition coefficient (Wildman–Crippen LogP) is 7.27. The molecule has 0 aromatic heterocycles. The van der Waals surface area contributed by atoms with E-state index in [2.05, 4.69) is 30.1 Å². The molecule has 2 atom stereocenters. The summed E-state index contributed by atoms with van der Waals surface area (Å²) in [6, 6.07) is 16.7. The van der Waals surface area contributed by atoms with Gasteiger partial charge in [0.15, 0.2) is 0 Å². The van der Waals surface area contributed by atoms with Gasteiger partial charge in [0.25, 0.3) is 0 Å². The molecule has 2 amide bonds. The molecule has 6 nitrogen and oxygen atoms in total. The SMILES string of the molecule is COC(=O)C1CN(C(C)C)CC1c1cc(-c2ccccc2Cl)c2c(c1)N(c1c(Cl)cccc1Cl)C(=O)NC2. The zero-order valence-corrected chi connectivity index (χ0v) is 23.6. The van der Waals surface area contributed by atoms with E-state index in [0.717, 1.165) is 22.3 Å². The monoisotopic (exact) mass is 571 g/mol. The first-order valence-electron chi connectivity index (χ1n) is 12.5. The van der Waals surface area contributed by atoms with Crippen LogP contribution in [0.25, 0.3) is 11.1 Å². The van der Waals surface area contributed by atoms with Crippen molar-refractivity contribution < 1.29 is 14.3 Å². The molecule has 3 aromatic carbocycles. The van der Waals surface area contributed by atoms with Crippen LogP contribution in [-0.4, -0.2) is 43.1 Å². The molecule has 1 N–H and O–H groups in total. The van der Waals surface area contributed by atoms with E-state index >= 15 is 0 Å². The van der Waals surface area contributed by atoms with E-state index in [0.29, 0.717) is 46.1 Å². The molecule has 9 heteroatoms. The number of hydrogen-bond acceptors (Lipinski definition) is 4. The molecule has 3 aromatic rings. The van der Waals surface area contributed by atoms with Crippen molar-refractivity contribution in [3.8, 4) is 11.1 Å². The molecule has 5 rings (SSSR count). The second-order valence-electron chi connectivity index (χ2n) is 9.89. The number of esters is 1. The quantitative estimate of drug-likeness (QED) is 0.327. The molecule has 0 saturated carbocycles. The molecule has 2 unspecified atom stereocenters. The average Bonchev–Trinajstić information content (AvgIpc) is 3.35.